The Morgan fingerprint density at radius 2 is 2.07 bits per heavy atom. The number of carbonyl (C=O) groups excluding carboxylic acids is 1. The third-order valence-corrected chi connectivity index (χ3v) is 1.73. The lowest BCUT2D eigenvalue weighted by Crippen LogP contribution is -2.10. The van der Waals surface area contributed by atoms with Crippen molar-refractivity contribution in [1.29, 1.82) is 0 Å². The fraction of sp³-hybridized carbons (Fsp3) is 0.273. The number of rotatable bonds is 5. The lowest BCUT2D eigenvalue weighted by Gasteiger charge is -2.11. The summed E-state index contributed by atoms with van der Waals surface area (Å²) < 4.78 is 0. The van der Waals surface area contributed by atoms with E-state index in [1.807, 2.05) is 37.4 Å². The molecule has 0 fully saturated rings. The minimum absolute atomic E-state index is 0.374. The van der Waals surface area contributed by atoms with E-state index in [0.29, 0.717) is 6.42 Å². The maximum Gasteiger partial charge on any atom is 0.125 e. The highest BCUT2D eigenvalue weighted by Gasteiger charge is 1.93. The third-order valence-electron chi connectivity index (χ3n) is 1.73. The third kappa shape index (κ3) is 3.85. The van der Waals surface area contributed by atoms with E-state index in [1.165, 1.54) is 5.56 Å². The first-order valence-corrected chi connectivity index (χ1v) is 4.54. The highest BCUT2D eigenvalue weighted by Crippen LogP contribution is 2.01. The Bertz CT molecular complexity index is 295. The van der Waals surface area contributed by atoms with Crippen molar-refractivity contribution in [2.24, 2.45) is 5.10 Å². The molecule has 0 bridgehead atoms. The molecule has 0 aliphatic heterocycles. The summed E-state index contributed by atoms with van der Waals surface area (Å²) in [6.07, 6.45) is 2.81. The zero-order valence-electron chi connectivity index (χ0n) is 8.26. The molecule has 0 spiro atoms. The van der Waals surface area contributed by atoms with Crippen molar-refractivity contribution < 1.29 is 4.79 Å². The van der Waals surface area contributed by atoms with E-state index < -0.39 is 0 Å². The first-order chi connectivity index (χ1) is 6.83. The standard InChI is InChI=1S/C11H14N2O/c1-13(12-8-5-9-14)10-11-6-3-2-4-7-11/h2-4,6-9H,5,10H2,1H3/b12-8+. The second-order valence-electron chi connectivity index (χ2n) is 3.00. The Morgan fingerprint density at radius 3 is 2.71 bits per heavy atom. The number of aldehydes is 1. The summed E-state index contributed by atoms with van der Waals surface area (Å²) in [5.74, 6) is 0. The van der Waals surface area contributed by atoms with E-state index in [4.69, 9.17) is 0 Å². The van der Waals surface area contributed by atoms with Crippen LogP contribution in [-0.4, -0.2) is 24.6 Å². The summed E-state index contributed by atoms with van der Waals surface area (Å²) in [6.45, 7) is 0.760. The van der Waals surface area contributed by atoms with Crippen LogP contribution in [0.5, 0.6) is 0 Å². The average Bonchev–Trinajstić information content (AvgIpc) is 2.20. The van der Waals surface area contributed by atoms with Gasteiger partial charge in [0.1, 0.15) is 6.29 Å². The van der Waals surface area contributed by atoms with Gasteiger partial charge in [-0.1, -0.05) is 30.3 Å². The number of nitrogens with zero attached hydrogens (tertiary/aromatic N) is 2. The van der Waals surface area contributed by atoms with Crippen LogP contribution in [0.2, 0.25) is 0 Å². The number of hydrogen-bond acceptors (Lipinski definition) is 3. The summed E-state index contributed by atoms with van der Waals surface area (Å²) in [6, 6.07) is 10.1. The van der Waals surface area contributed by atoms with Crippen molar-refractivity contribution in [3.05, 3.63) is 35.9 Å². The van der Waals surface area contributed by atoms with Gasteiger partial charge in [-0.2, -0.15) is 5.10 Å². The minimum atomic E-state index is 0.374. The lowest BCUT2D eigenvalue weighted by atomic mass is 10.2. The molecule has 3 nitrogen and oxygen atoms in total. The molecule has 74 valence electrons. The van der Waals surface area contributed by atoms with Crippen molar-refractivity contribution in [1.82, 2.24) is 5.01 Å². The van der Waals surface area contributed by atoms with E-state index in [2.05, 4.69) is 5.10 Å². The van der Waals surface area contributed by atoms with Crippen LogP contribution >= 0.6 is 0 Å². The molecule has 0 unspecified atom stereocenters. The van der Waals surface area contributed by atoms with E-state index in [0.717, 1.165) is 12.8 Å². The first kappa shape index (κ1) is 10.4. The molecule has 0 aromatic heterocycles. The highest BCUT2D eigenvalue weighted by atomic mass is 16.1. The first-order valence-electron chi connectivity index (χ1n) is 4.54. The molecule has 0 amide bonds. The molecule has 14 heavy (non-hydrogen) atoms. The van der Waals surface area contributed by atoms with Gasteiger partial charge in [-0.3, -0.25) is 5.01 Å². The molecular formula is C11H14N2O. The van der Waals surface area contributed by atoms with Crippen molar-refractivity contribution in [2.75, 3.05) is 7.05 Å². The van der Waals surface area contributed by atoms with E-state index in [-0.39, 0.29) is 0 Å². The van der Waals surface area contributed by atoms with Gasteiger partial charge in [0.2, 0.25) is 0 Å². The second-order valence-corrected chi connectivity index (χ2v) is 3.00. The van der Waals surface area contributed by atoms with Crippen LogP contribution in [-0.2, 0) is 11.3 Å². The van der Waals surface area contributed by atoms with Gasteiger partial charge in [-0.25, -0.2) is 0 Å². The summed E-state index contributed by atoms with van der Waals surface area (Å²) in [5, 5.41) is 5.89. The molecular weight excluding hydrogens is 176 g/mol. The quantitative estimate of drug-likeness (QED) is 0.402. The number of benzene rings is 1. The Hall–Kier alpha value is -1.64. The van der Waals surface area contributed by atoms with Crippen LogP contribution in [0.1, 0.15) is 12.0 Å². The van der Waals surface area contributed by atoms with Crippen LogP contribution < -0.4 is 0 Å². The van der Waals surface area contributed by atoms with Gasteiger partial charge in [0.15, 0.2) is 0 Å². The molecule has 1 aromatic rings. The van der Waals surface area contributed by atoms with Crippen molar-refractivity contribution in [3.8, 4) is 0 Å². The monoisotopic (exact) mass is 190 g/mol. The lowest BCUT2D eigenvalue weighted by molar-refractivity contribution is -0.106. The van der Waals surface area contributed by atoms with Gasteiger partial charge in [-0.15, -0.1) is 0 Å². The smallest absolute Gasteiger partial charge is 0.125 e. The highest BCUT2D eigenvalue weighted by molar-refractivity contribution is 5.75. The summed E-state index contributed by atoms with van der Waals surface area (Å²) in [5.41, 5.74) is 1.21. The normalized spacial score (nSPS) is 10.4. The van der Waals surface area contributed by atoms with Crippen LogP contribution in [0.25, 0.3) is 0 Å². The van der Waals surface area contributed by atoms with Gasteiger partial charge < -0.3 is 4.79 Å². The molecule has 0 radical (unpaired) electrons. The van der Waals surface area contributed by atoms with Crippen LogP contribution in [0.4, 0.5) is 0 Å². The number of hydrogen-bond donors (Lipinski definition) is 0. The average molecular weight is 190 g/mol. The van der Waals surface area contributed by atoms with Gasteiger partial charge in [0, 0.05) is 19.7 Å². The van der Waals surface area contributed by atoms with E-state index in [9.17, 15) is 4.79 Å². The van der Waals surface area contributed by atoms with E-state index in [1.54, 1.807) is 11.2 Å². The molecule has 0 saturated carbocycles. The fourth-order valence-corrected chi connectivity index (χ4v) is 1.12. The van der Waals surface area contributed by atoms with Gasteiger partial charge in [0.05, 0.1) is 6.54 Å². The van der Waals surface area contributed by atoms with E-state index >= 15 is 0 Å². The molecule has 3 heteroatoms. The Balaban J connectivity index is 2.41. The molecule has 1 aromatic carbocycles. The maximum absolute atomic E-state index is 10.0. The second kappa shape index (κ2) is 5.91. The van der Waals surface area contributed by atoms with Crippen LogP contribution in [0.3, 0.4) is 0 Å². The zero-order chi connectivity index (χ0) is 10.2. The molecule has 1 rings (SSSR count). The molecule has 0 aliphatic carbocycles. The molecule has 0 atom stereocenters. The number of carbonyl (C=O) groups is 1. The molecule has 0 N–H and O–H groups in total. The largest absolute Gasteiger partial charge is 0.303 e. The van der Waals surface area contributed by atoms with Gasteiger partial charge in [-0.05, 0) is 5.56 Å². The zero-order valence-corrected chi connectivity index (χ0v) is 8.26. The topological polar surface area (TPSA) is 32.7 Å². The maximum atomic E-state index is 10.0. The van der Waals surface area contributed by atoms with Gasteiger partial charge >= 0.3 is 0 Å². The van der Waals surface area contributed by atoms with Crippen LogP contribution in [0.15, 0.2) is 35.4 Å². The summed E-state index contributed by atoms with van der Waals surface area (Å²) in [7, 11) is 1.88. The summed E-state index contributed by atoms with van der Waals surface area (Å²) >= 11 is 0. The van der Waals surface area contributed by atoms with Crippen molar-refractivity contribution >= 4 is 12.5 Å². The molecule has 0 aliphatic rings. The van der Waals surface area contributed by atoms with Crippen molar-refractivity contribution in [3.63, 3.8) is 0 Å². The summed E-state index contributed by atoms with van der Waals surface area (Å²) in [4.78, 5) is 10.0. The minimum Gasteiger partial charge on any atom is -0.303 e. The number of hydrazone groups is 1. The Kier molecular flexibility index (Phi) is 4.41. The fourth-order valence-electron chi connectivity index (χ4n) is 1.12. The van der Waals surface area contributed by atoms with Crippen LogP contribution in [0, 0.1) is 0 Å². The predicted molar refractivity (Wildman–Crippen MR) is 57.1 cm³/mol. The SMILES string of the molecule is CN(Cc1ccccc1)/N=C/CC=O. The van der Waals surface area contributed by atoms with Gasteiger partial charge in [0.25, 0.3) is 0 Å². The Morgan fingerprint density at radius 1 is 1.36 bits per heavy atom. The Labute approximate surface area is 84.0 Å². The van der Waals surface area contributed by atoms with Crippen molar-refractivity contribution in [2.45, 2.75) is 13.0 Å². The predicted octanol–water partition coefficient (Wildman–Crippen LogP) is 1.69. The molecule has 0 saturated heterocycles. The molecule has 0 heterocycles.